The van der Waals surface area contributed by atoms with Crippen molar-refractivity contribution < 1.29 is 19.3 Å². The third-order valence-electron chi connectivity index (χ3n) is 5.25. The molecule has 146 valence electrons. The Morgan fingerprint density at radius 1 is 1.07 bits per heavy atom. The van der Waals surface area contributed by atoms with Crippen LogP contribution in [0.5, 0.6) is 11.5 Å². The molecule has 0 saturated carbocycles. The molecule has 0 aromatic heterocycles. The van der Waals surface area contributed by atoms with E-state index in [9.17, 15) is 15.4 Å². The maximum absolute atomic E-state index is 11.5. The molecule has 4 rings (SSSR count). The molecule has 2 aromatic rings. The van der Waals surface area contributed by atoms with Crippen LogP contribution < -0.4 is 19.3 Å². The molecule has 2 aliphatic rings. The number of fused-ring (bicyclic) bond motifs is 1. The van der Waals surface area contributed by atoms with E-state index in [-0.39, 0.29) is 23.6 Å². The second kappa shape index (κ2) is 7.66. The number of benzene rings is 2. The SMILES string of the molecule is N#Cc1cc(N2CC[NH+](Cc3ccc4c(c3)OCO4)CC2)c([N+](=O)[O-])cc1C#N. The van der Waals surface area contributed by atoms with Gasteiger partial charge in [0.2, 0.25) is 6.79 Å². The summed E-state index contributed by atoms with van der Waals surface area (Å²) in [6.07, 6.45) is 0. The highest BCUT2D eigenvalue weighted by atomic mass is 16.7. The monoisotopic (exact) mass is 392 g/mol. The summed E-state index contributed by atoms with van der Waals surface area (Å²) >= 11 is 0. The fourth-order valence-corrected chi connectivity index (χ4v) is 3.74. The van der Waals surface area contributed by atoms with Crippen LogP contribution in [0.4, 0.5) is 11.4 Å². The molecule has 0 aliphatic carbocycles. The van der Waals surface area contributed by atoms with Gasteiger partial charge in [-0.1, -0.05) is 0 Å². The topological polar surface area (TPSA) is 117 Å². The third-order valence-corrected chi connectivity index (χ3v) is 5.25. The van der Waals surface area contributed by atoms with Crippen LogP contribution in [0.1, 0.15) is 16.7 Å². The summed E-state index contributed by atoms with van der Waals surface area (Å²) in [5.41, 5.74) is 1.58. The fraction of sp³-hybridized carbons (Fsp3) is 0.300. The van der Waals surface area contributed by atoms with E-state index in [1.54, 1.807) is 0 Å². The van der Waals surface area contributed by atoms with Crippen molar-refractivity contribution in [3.8, 4) is 23.6 Å². The Morgan fingerprint density at radius 3 is 2.45 bits per heavy atom. The van der Waals surface area contributed by atoms with Gasteiger partial charge < -0.3 is 19.3 Å². The molecule has 2 aliphatic heterocycles. The van der Waals surface area contributed by atoms with Gasteiger partial charge in [0.1, 0.15) is 24.4 Å². The Kier molecular flexibility index (Phi) is 4.90. The maximum Gasteiger partial charge on any atom is 0.293 e. The Balaban J connectivity index is 1.48. The number of ether oxygens (including phenoxy) is 2. The van der Waals surface area contributed by atoms with E-state index in [1.165, 1.54) is 17.0 Å². The van der Waals surface area contributed by atoms with Crippen molar-refractivity contribution in [1.29, 1.82) is 10.5 Å². The summed E-state index contributed by atoms with van der Waals surface area (Å²) in [4.78, 5) is 14.3. The Hall–Kier alpha value is -3.82. The first-order valence-corrected chi connectivity index (χ1v) is 9.18. The average Bonchev–Trinajstić information content (AvgIpc) is 3.21. The Morgan fingerprint density at radius 2 is 1.76 bits per heavy atom. The minimum Gasteiger partial charge on any atom is -0.454 e. The molecule has 0 unspecified atom stereocenters. The van der Waals surface area contributed by atoms with Crippen LogP contribution in [-0.2, 0) is 6.54 Å². The van der Waals surface area contributed by atoms with Crippen molar-refractivity contribution in [2.75, 3.05) is 37.9 Å². The third kappa shape index (κ3) is 3.64. The fourth-order valence-electron chi connectivity index (χ4n) is 3.74. The van der Waals surface area contributed by atoms with E-state index in [2.05, 4.69) is 0 Å². The lowest BCUT2D eigenvalue weighted by Crippen LogP contribution is -3.13. The second-order valence-corrected chi connectivity index (χ2v) is 6.97. The van der Waals surface area contributed by atoms with E-state index in [0.29, 0.717) is 18.8 Å². The summed E-state index contributed by atoms with van der Waals surface area (Å²) in [5.74, 6) is 1.52. The number of quaternary nitrogens is 1. The van der Waals surface area contributed by atoms with E-state index < -0.39 is 4.92 Å². The Labute approximate surface area is 167 Å². The number of nitrogens with zero attached hydrogens (tertiary/aromatic N) is 4. The van der Waals surface area contributed by atoms with Crippen LogP contribution in [0.3, 0.4) is 0 Å². The number of hydrogen-bond acceptors (Lipinski definition) is 7. The van der Waals surface area contributed by atoms with E-state index >= 15 is 0 Å². The number of nitro groups is 1. The molecule has 2 aromatic carbocycles. The summed E-state index contributed by atoms with van der Waals surface area (Å²) in [7, 11) is 0. The van der Waals surface area contributed by atoms with Crippen LogP contribution in [0.15, 0.2) is 30.3 Å². The van der Waals surface area contributed by atoms with Crippen molar-refractivity contribution in [1.82, 2.24) is 0 Å². The van der Waals surface area contributed by atoms with Crippen LogP contribution >= 0.6 is 0 Å². The van der Waals surface area contributed by atoms with Crippen LogP contribution in [0, 0.1) is 32.8 Å². The average molecular weight is 392 g/mol. The highest BCUT2D eigenvalue weighted by Gasteiger charge is 2.28. The van der Waals surface area contributed by atoms with Crippen LogP contribution in [-0.4, -0.2) is 37.9 Å². The standard InChI is InChI=1S/C20H17N5O4/c21-10-15-8-17(18(25(26)27)9-16(15)11-22)24-5-3-23(4-6-24)12-14-1-2-19-20(7-14)29-13-28-19/h1-2,7-9H,3-6,12-13H2/p+1. The van der Waals surface area contributed by atoms with Gasteiger partial charge in [-0.15, -0.1) is 0 Å². The van der Waals surface area contributed by atoms with Gasteiger partial charge in [-0.2, -0.15) is 10.5 Å². The summed E-state index contributed by atoms with van der Waals surface area (Å²) < 4.78 is 10.8. The van der Waals surface area contributed by atoms with Gasteiger partial charge in [0.25, 0.3) is 5.69 Å². The molecule has 1 saturated heterocycles. The lowest BCUT2D eigenvalue weighted by Gasteiger charge is -2.33. The van der Waals surface area contributed by atoms with Crippen molar-refractivity contribution in [3.63, 3.8) is 0 Å². The molecular weight excluding hydrogens is 374 g/mol. The summed E-state index contributed by atoms with van der Waals surface area (Å²) in [6, 6.07) is 12.4. The quantitative estimate of drug-likeness (QED) is 0.609. The molecule has 1 N–H and O–H groups in total. The number of nitrogens with one attached hydrogen (secondary N) is 1. The molecular formula is C20H18N5O4+. The first kappa shape index (κ1) is 18.5. The van der Waals surface area contributed by atoms with Crippen molar-refractivity contribution in [2.24, 2.45) is 0 Å². The molecule has 0 radical (unpaired) electrons. The van der Waals surface area contributed by atoms with Gasteiger partial charge in [0.15, 0.2) is 11.5 Å². The highest BCUT2D eigenvalue weighted by molar-refractivity contribution is 5.70. The van der Waals surface area contributed by atoms with Gasteiger partial charge in [0.05, 0.1) is 42.2 Å². The number of piperazine rings is 1. The number of nitriles is 2. The smallest absolute Gasteiger partial charge is 0.293 e. The van der Waals surface area contributed by atoms with E-state index in [0.717, 1.165) is 36.7 Å². The molecule has 0 spiro atoms. The van der Waals surface area contributed by atoms with Crippen molar-refractivity contribution >= 4 is 11.4 Å². The molecule has 9 nitrogen and oxygen atoms in total. The van der Waals surface area contributed by atoms with Gasteiger partial charge in [0, 0.05) is 11.6 Å². The summed E-state index contributed by atoms with van der Waals surface area (Å²) in [5, 5.41) is 29.9. The first-order chi connectivity index (χ1) is 14.1. The predicted octanol–water partition coefficient (Wildman–Crippen LogP) is 0.972. The number of rotatable bonds is 4. The van der Waals surface area contributed by atoms with Gasteiger partial charge >= 0.3 is 0 Å². The lowest BCUT2D eigenvalue weighted by molar-refractivity contribution is -0.914. The largest absolute Gasteiger partial charge is 0.454 e. The molecule has 1 fully saturated rings. The predicted molar refractivity (Wildman–Crippen MR) is 102 cm³/mol. The first-order valence-electron chi connectivity index (χ1n) is 9.18. The molecule has 0 amide bonds. The van der Waals surface area contributed by atoms with Crippen molar-refractivity contribution in [3.05, 3.63) is 57.1 Å². The molecule has 29 heavy (non-hydrogen) atoms. The lowest BCUT2D eigenvalue weighted by atomic mass is 10.1. The second-order valence-electron chi connectivity index (χ2n) is 6.97. The maximum atomic E-state index is 11.5. The zero-order valence-electron chi connectivity index (χ0n) is 15.6. The van der Waals surface area contributed by atoms with Crippen LogP contribution in [0.25, 0.3) is 0 Å². The van der Waals surface area contributed by atoms with Gasteiger partial charge in [-0.3, -0.25) is 10.1 Å². The van der Waals surface area contributed by atoms with Gasteiger partial charge in [-0.05, 0) is 24.3 Å². The van der Waals surface area contributed by atoms with Gasteiger partial charge in [-0.25, -0.2) is 0 Å². The molecule has 0 bridgehead atoms. The van der Waals surface area contributed by atoms with Crippen molar-refractivity contribution in [2.45, 2.75) is 6.54 Å². The molecule has 0 atom stereocenters. The zero-order valence-corrected chi connectivity index (χ0v) is 15.6. The van der Waals surface area contributed by atoms with E-state index in [1.807, 2.05) is 35.2 Å². The summed E-state index contributed by atoms with van der Waals surface area (Å²) in [6.45, 7) is 3.91. The van der Waals surface area contributed by atoms with Crippen LogP contribution in [0.2, 0.25) is 0 Å². The number of hydrogen-bond donors (Lipinski definition) is 1. The van der Waals surface area contributed by atoms with E-state index in [4.69, 9.17) is 14.7 Å². The molecule has 9 heteroatoms. The number of nitro benzene ring substituents is 1. The number of anilines is 1. The minimum atomic E-state index is -0.497. The normalized spacial score (nSPS) is 15.6. The Bertz CT molecular complexity index is 1050. The highest BCUT2D eigenvalue weighted by Crippen LogP contribution is 2.33. The zero-order chi connectivity index (χ0) is 20.4. The minimum absolute atomic E-state index is 0.0232. The molecule has 2 heterocycles.